The minimum absolute atomic E-state index is 0.0928. The van der Waals surface area contributed by atoms with Gasteiger partial charge in [0, 0.05) is 14.7 Å². The van der Waals surface area contributed by atoms with Gasteiger partial charge in [-0.25, -0.2) is 4.79 Å². The van der Waals surface area contributed by atoms with Crippen LogP contribution in [0.15, 0.2) is 24.3 Å². The molecule has 1 amide bonds. The summed E-state index contributed by atoms with van der Waals surface area (Å²) in [4.78, 5) is 22.8. The lowest BCUT2D eigenvalue weighted by molar-refractivity contribution is -0.144. The van der Waals surface area contributed by atoms with Gasteiger partial charge < -0.3 is 15.2 Å². The number of nitrogens with one attached hydrogen (secondary N) is 1. The van der Waals surface area contributed by atoms with Crippen molar-refractivity contribution in [3.05, 3.63) is 29.8 Å². The molecule has 1 aromatic carbocycles. The van der Waals surface area contributed by atoms with Gasteiger partial charge in [0.2, 0.25) is 5.91 Å². The molecule has 17 heavy (non-hydrogen) atoms. The van der Waals surface area contributed by atoms with Gasteiger partial charge in [-0.15, -0.1) is 0 Å². The van der Waals surface area contributed by atoms with E-state index in [1.54, 1.807) is 0 Å². The van der Waals surface area contributed by atoms with Gasteiger partial charge >= 0.3 is 5.97 Å². The number of phenols is 1. The number of rotatable bonds is 4. The first kappa shape index (κ1) is 10.1. The molecule has 0 bridgehead atoms. The number of carbonyl (C=O) groups excluding carboxylic acids is 2. The highest BCUT2D eigenvalue weighted by atomic mass is 16.5. The molecule has 0 aliphatic carbocycles. The zero-order valence-corrected chi connectivity index (χ0v) is 9.56. The number of benzene rings is 1. The number of esters is 1. The molecular weight excluding hydrogens is 222 g/mol. The average molecular weight is 239 g/mol. The van der Waals surface area contributed by atoms with Crippen LogP contribution in [0.3, 0.4) is 0 Å². The molecule has 92 valence electrons. The second-order valence-electron chi connectivity index (χ2n) is 3.33. The number of phenolic OH excluding ortho intramolecular Hbond substituents is 1. The Morgan fingerprint density at radius 1 is 1.65 bits per heavy atom. The van der Waals surface area contributed by atoms with Gasteiger partial charge in [0.15, 0.2) is 0 Å². The van der Waals surface area contributed by atoms with Crippen LogP contribution in [0.4, 0.5) is 0 Å². The summed E-state index contributed by atoms with van der Waals surface area (Å²) in [6.45, 7) is 1.14. The third-order valence-corrected chi connectivity index (χ3v) is 1.90. The fourth-order valence-corrected chi connectivity index (χ4v) is 1.23. The minimum atomic E-state index is -2.27. The molecule has 0 saturated heterocycles. The molecular formula is C12H15NO4. The van der Waals surface area contributed by atoms with E-state index in [4.69, 9.17) is 2.74 Å². The SMILES string of the molecule is [2H][C@@H](c1cccc(O)c1)[C@@]([2H])(NC(C)=O)C(=O)OC. The van der Waals surface area contributed by atoms with Gasteiger partial charge in [-0.1, -0.05) is 12.1 Å². The Balaban J connectivity index is 3.17. The second-order valence-corrected chi connectivity index (χ2v) is 3.33. The summed E-state index contributed by atoms with van der Waals surface area (Å²) in [5, 5.41) is 11.5. The summed E-state index contributed by atoms with van der Waals surface area (Å²) in [6, 6.07) is 3.35. The van der Waals surface area contributed by atoms with Crippen molar-refractivity contribution in [2.45, 2.75) is 19.3 Å². The molecule has 5 heteroatoms. The number of carbonyl (C=O) groups is 2. The van der Waals surface area contributed by atoms with E-state index in [2.05, 4.69) is 10.1 Å². The van der Waals surface area contributed by atoms with Gasteiger partial charge in [-0.3, -0.25) is 4.79 Å². The highest BCUT2D eigenvalue weighted by molar-refractivity contribution is 5.83. The average Bonchev–Trinajstić information content (AvgIpc) is 2.35. The zero-order chi connectivity index (χ0) is 14.6. The number of hydrogen-bond acceptors (Lipinski definition) is 4. The van der Waals surface area contributed by atoms with Crippen molar-refractivity contribution in [2.24, 2.45) is 0 Å². The third kappa shape index (κ3) is 4.14. The minimum Gasteiger partial charge on any atom is -0.508 e. The summed E-state index contributed by atoms with van der Waals surface area (Å²) in [5.74, 6) is -1.77. The van der Waals surface area contributed by atoms with E-state index < -0.39 is 24.3 Å². The van der Waals surface area contributed by atoms with Gasteiger partial charge in [0.05, 0.1) is 8.48 Å². The first-order valence-corrected chi connectivity index (χ1v) is 4.89. The van der Waals surface area contributed by atoms with Crippen molar-refractivity contribution in [3.8, 4) is 5.75 Å². The standard InChI is InChI=1S/C12H15NO4/c1-8(14)13-11(12(16)17-2)7-9-4-3-5-10(15)6-9/h3-6,11,15H,7H2,1-2H3,(H,13,14)/t11-/m1/s1/i7D,11D/t7-,11+/m0. The Morgan fingerprint density at radius 3 is 2.88 bits per heavy atom. The lowest BCUT2D eigenvalue weighted by atomic mass is 10.1. The Morgan fingerprint density at radius 2 is 2.35 bits per heavy atom. The normalized spacial score (nSPS) is 17.1. The zero-order valence-electron chi connectivity index (χ0n) is 11.6. The van der Waals surface area contributed by atoms with Crippen molar-refractivity contribution in [3.63, 3.8) is 0 Å². The summed E-state index contributed by atoms with van der Waals surface area (Å²) < 4.78 is 20.4. The summed E-state index contributed by atoms with van der Waals surface area (Å²) in [5.41, 5.74) is 0.217. The van der Waals surface area contributed by atoms with Crippen molar-refractivity contribution in [1.82, 2.24) is 5.32 Å². The maximum absolute atomic E-state index is 11.7. The number of methoxy groups -OCH3 is 1. The topological polar surface area (TPSA) is 75.6 Å². The second kappa shape index (κ2) is 5.89. The molecule has 0 aliphatic heterocycles. The maximum atomic E-state index is 11.7. The van der Waals surface area contributed by atoms with Crippen LogP contribution in [-0.2, 0) is 20.7 Å². The van der Waals surface area contributed by atoms with Crippen LogP contribution < -0.4 is 5.32 Å². The van der Waals surface area contributed by atoms with Crippen LogP contribution in [0.25, 0.3) is 0 Å². The van der Waals surface area contributed by atoms with E-state index in [0.29, 0.717) is 0 Å². The Bertz CT molecular complexity index is 494. The fourth-order valence-electron chi connectivity index (χ4n) is 1.23. The van der Waals surface area contributed by atoms with Crippen molar-refractivity contribution >= 4 is 11.9 Å². The molecule has 2 N–H and O–H groups in total. The smallest absolute Gasteiger partial charge is 0.328 e. The molecule has 2 atom stereocenters. The summed E-state index contributed by atoms with van der Waals surface area (Å²) in [7, 11) is 1.07. The molecule has 0 saturated carbocycles. The first-order valence-electron chi connectivity index (χ1n) is 5.97. The van der Waals surface area contributed by atoms with Gasteiger partial charge in [0.1, 0.15) is 11.8 Å². The molecule has 1 rings (SSSR count). The van der Waals surface area contributed by atoms with Crippen LogP contribution in [0, 0.1) is 0 Å². The highest BCUT2D eigenvalue weighted by Gasteiger charge is 2.20. The lowest BCUT2D eigenvalue weighted by Gasteiger charge is -2.15. The van der Waals surface area contributed by atoms with Crippen LogP contribution in [0.5, 0.6) is 5.75 Å². The van der Waals surface area contributed by atoms with Gasteiger partial charge in [-0.05, 0) is 17.7 Å². The van der Waals surface area contributed by atoms with E-state index >= 15 is 0 Å². The van der Waals surface area contributed by atoms with E-state index in [-0.39, 0.29) is 11.3 Å². The summed E-state index contributed by atoms with van der Waals surface area (Å²) >= 11 is 0. The molecule has 5 nitrogen and oxygen atoms in total. The molecule has 0 fully saturated rings. The number of amides is 1. The van der Waals surface area contributed by atoms with Crippen molar-refractivity contribution < 1.29 is 22.2 Å². The lowest BCUT2D eigenvalue weighted by Crippen LogP contribution is -2.41. The van der Waals surface area contributed by atoms with Crippen LogP contribution in [0.2, 0.25) is 0 Å². The van der Waals surface area contributed by atoms with Gasteiger partial charge in [0.25, 0.3) is 0 Å². The number of hydrogen-bond donors (Lipinski definition) is 2. The summed E-state index contributed by atoms with van der Waals surface area (Å²) in [6.07, 6.45) is -1.43. The van der Waals surface area contributed by atoms with Gasteiger partial charge in [-0.2, -0.15) is 0 Å². The first-order chi connectivity index (χ1) is 8.81. The Labute approximate surface area is 102 Å². The third-order valence-electron chi connectivity index (χ3n) is 1.90. The van der Waals surface area contributed by atoms with E-state index in [1.807, 2.05) is 0 Å². The molecule has 0 heterocycles. The molecule has 0 aromatic heterocycles. The molecule has 0 unspecified atom stereocenters. The van der Waals surface area contributed by atoms with Crippen LogP contribution >= 0.6 is 0 Å². The van der Waals surface area contributed by atoms with Crippen molar-refractivity contribution in [2.75, 3.05) is 7.11 Å². The monoisotopic (exact) mass is 239 g/mol. The quantitative estimate of drug-likeness (QED) is 0.755. The number of ether oxygens (including phenoxy) is 1. The van der Waals surface area contributed by atoms with E-state index in [1.165, 1.54) is 24.3 Å². The maximum Gasteiger partial charge on any atom is 0.328 e. The van der Waals surface area contributed by atoms with E-state index in [9.17, 15) is 14.7 Å². The molecule has 0 spiro atoms. The van der Waals surface area contributed by atoms with E-state index in [0.717, 1.165) is 14.0 Å². The predicted molar refractivity (Wildman–Crippen MR) is 61.4 cm³/mol. The molecule has 1 aromatic rings. The number of aromatic hydroxyl groups is 1. The van der Waals surface area contributed by atoms with Crippen LogP contribution in [-0.4, -0.2) is 30.1 Å². The molecule has 0 radical (unpaired) electrons. The highest BCUT2D eigenvalue weighted by Crippen LogP contribution is 2.13. The van der Waals surface area contributed by atoms with Crippen molar-refractivity contribution in [1.29, 1.82) is 0 Å². The fraction of sp³-hybridized carbons (Fsp3) is 0.333. The predicted octanol–water partition coefficient (Wildman–Crippen LogP) is 0.612. The molecule has 0 aliphatic rings. The van der Waals surface area contributed by atoms with Crippen LogP contribution in [0.1, 0.15) is 15.2 Å². The Kier molecular flexibility index (Phi) is 3.51. The Hall–Kier alpha value is -2.04. The largest absolute Gasteiger partial charge is 0.508 e.